The summed E-state index contributed by atoms with van der Waals surface area (Å²) in [6.45, 7) is 3.41. The van der Waals surface area contributed by atoms with Crippen molar-refractivity contribution >= 4 is 11.8 Å². The third-order valence-corrected chi connectivity index (χ3v) is 3.63. The number of hydrogen-bond acceptors (Lipinski definition) is 3. The van der Waals surface area contributed by atoms with Crippen molar-refractivity contribution in [3.63, 3.8) is 0 Å². The van der Waals surface area contributed by atoms with E-state index in [0.717, 1.165) is 45.4 Å². The smallest absolute Gasteiger partial charge is 0.224 e. The van der Waals surface area contributed by atoms with Gasteiger partial charge in [0.1, 0.15) is 0 Å². The van der Waals surface area contributed by atoms with E-state index in [1.807, 2.05) is 0 Å². The number of nitrogens with zero attached hydrogens (tertiary/aromatic N) is 1. The first-order chi connectivity index (χ1) is 7.66. The lowest BCUT2D eigenvalue weighted by molar-refractivity contribution is -0.125. The molecule has 2 aliphatic rings. The number of nitrogens with one attached hydrogen (secondary N) is 1. The molecule has 0 aliphatic carbocycles. The molecule has 2 saturated heterocycles. The number of piperidine rings is 1. The lowest BCUT2D eigenvalue weighted by Gasteiger charge is -2.31. The Kier molecular flexibility index (Phi) is 3.43. The summed E-state index contributed by atoms with van der Waals surface area (Å²) in [5.41, 5.74) is 5.28. The first-order valence-electron chi connectivity index (χ1n) is 5.96. The van der Waals surface area contributed by atoms with Crippen LogP contribution < -0.4 is 11.1 Å². The van der Waals surface area contributed by atoms with Gasteiger partial charge in [-0.1, -0.05) is 0 Å². The zero-order valence-electron chi connectivity index (χ0n) is 9.45. The molecule has 2 heterocycles. The highest BCUT2D eigenvalue weighted by atomic mass is 16.2. The molecule has 0 bridgehead atoms. The molecule has 5 heteroatoms. The summed E-state index contributed by atoms with van der Waals surface area (Å²) in [5.74, 6) is 0.175. The van der Waals surface area contributed by atoms with Crippen LogP contribution in [0.25, 0.3) is 0 Å². The third kappa shape index (κ3) is 2.52. The molecule has 5 nitrogen and oxygen atoms in total. The lowest BCUT2D eigenvalue weighted by atomic mass is 9.95. The van der Waals surface area contributed by atoms with E-state index in [9.17, 15) is 9.59 Å². The number of carbonyl (C=O) groups is 2. The van der Waals surface area contributed by atoms with E-state index in [1.54, 1.807) is 0 Å². The molecule has 0 radical (unpaired) electrons. The molecule has 0 aromatic heterocycles. The van der Waals surface area contributed by atoms with Crippen LogP contribution in [0.2, 0.25) is 0 Å². The number of rotatable bonds is 3. The average Bonchev–Trinajstić information content (AvgIpc) is 2.65. The Bertz CT molecular complexity index is 285. The van der Waals surface area contributed by atoms with Crippen LogP contribution in [0, 0.1) is 11.8 Å². The van der Waals surface area contributed by atoms with Crippen molar-refractivity contribution in [2.75, 3.05) is 26.2 Å². The Labute approximate surface area is 95.3 Å². The zero-order valence-corrected chi connectivity index (χ0v) is 9.45. The Morgan fingerprint density at radius 2 is 2.06 bits per heavy atom. The van der Waals surface area contributed by atoms with Crippen molar-refractivity contribution in [2.45, 2.75) is 19.3 Å². The van der Waals surface area contributed by atoms with Crippen molar-refractivity contribution in [3.8, 4) is 0 Å². The number of likely N-dealkylation sites (tertiary alicyclic amines) is 1. The van der Waals surface area contributed by atoms with Gasteiger partial charge < -0.3 is 16.0 Å². The minimum Gasteiger partial charge on any atom is -0.369 e. The third-order valence-electron chi connectivity index (χ3n) is 3.63. The van der Waals surface area contributed by atoms with Gasteiger partial charge in [-0.15, -0.1) is 0 Å². The van der Waals surface area contributed by atoms with Gasteiger partial charge in [0, 0.05) is 19.0 Å². The quantitative estimate of drug-likeness (QED) is 0.668. The topological polar surface area (TPSA) is 75.4 Å². The summed E-state index contributed by atoms with van der Waals surface area (Å²) in [5, 5.41) is 2.85. The summed E-state index contributed by atoms with van der Waals surface area (Å²) < 4.78 is 0. The highest BCUT2D eigenvalue weighted by molar-refractivity contribution is 5.80. The molecule has 0 saturated carbocycles. The van der Waals surface area contributed by atoms with Crippen molar-refractivity contribution in [1.82, 2.24) is 10.2 Å². The van der Waals surface area contributed by atoms with Crippen LogP contribution in [-0.4, -0.2) is 42.9 Å². The van der Waals surface area contributed by atoms with E-state index in [2.05, 4.69) is 10.2 Å². The number of carbonyl (C=O) groups excluding carboxylic acids is 2. The van der Waals surface area contributed by atoms with Crippen LogP contribution in [0.15, 0.2) is 0 Å². The molecule has 1 atom stereocenters. The molecule has 2 fully saturated rings. The van der Waals surface area contributed by atoms with Crippen molar-refractivity contribution < 1.29 is 9.59 Å². The minimum atomic E-state index is -0.182. The molecule has 3 N–H and O–H groups in total. The second kappa shape index (κ2) is 4.82. The van der Waals surface area contributed by atoms with E-state index < -0.39 is 0 Å². The van der Waals surface area contributed by atoms with E-state index >= 15 is 0 Å². The molecule has 16 heavy (non-hydrogen) atoms. The SMILES string of the molecule is NC(=O)C1CCN(CC2CCNC2=O)CC1. The van der Waals surface area contributed by atoms with Crippen molar-refractivity contribution in [1.29, 1.82) is 0 Å². The van der Waals surface area contributed by atoms with Gasteiger partial charge in [0.2, 0.25) is 11.8 Å². The van der Waals surface area contributed by atoms with E-state index in [0.29, 0.717) is 0 Å². The summed E-state index contributed by atoms with van der Waals surface area (Å²) >= 11 is 0. The van der Waals surface area contributed by atoms with Gasteiger partial charge in [-0.3, -0.25) is 9.59 Å². The molecule has 2 amide bonds. The normalized spacial score (nSPS) is 28.0. The lowest BCUT2D eigenvalue weighted by Crippen LogP contribution is -2.41. The highest BCUT2D eigenvalue weighted by Crippen LogP contribution is 2.19. The zero-order chi connectivity index (χ0) is 11.5. The number of primary amides is 1. The van der Waals surface area contributed by atoms with Crippen LogP contribution in [0.4, 0.5) is 0 Å². The number of hydrogen-bond donors (Lipinski definition) is 2. The molecular weight excluding hydrogens is 206 g/mol. The molecule has 0 spiro atoms. The van der Waals surface area contributed by atoms with Gasteiger partial charge >= 0.3 is 0 Å². The monoisotopic (exact) mass is 225 g/mol. The van der Waals surface area contributed by atoms with Crippen LogP contribution in [0.1, 0.15) is 19.3 Å². The van der Waals surface area contributed by atoms with Crippen LogP contribution in [0.3, 0.4) is 0 Å². The van der Waals surface area contributed by atoms with Crippen LogP contribution in [0.5, 0.6) is 0 Å². The molecular formula is C11H19N3O2. The number of nitrogens with two attached hydrogens (primary N) is 1. The summed E-state index contributed by atoms with van der Waals surface area (Å²) in [6.07, 6.45) is 2.61. The molecule has 2 aliphatic heterocycles. The van der Waals surface area contributed by atoms with Crippen LogP contribution in [-0.2, 0) is 9.59 Å². The Balaban J connectivity index is 1.77. The summed E-state index contributed by atoms with van der Waals surface area (Å²) in [6, 6.07) is 0. The van der Waals surface area contributed by atoms with E-state index in [4.69, 9.17) is 5.73 Å². The molecule has 90 valence electrons. The first-order valence-corrected chi connectivity index (χ1v) is 5.96. The first kappa shape index (κ1) is 11.4. The maximum atomic E-state index is 11.4. The van der Waals surface area contributed by atoms with E-state index in [1.165, 1.54) is 0 Å². The van der Waals surface area contributed by atoms with Crippen molar-refractivity contribution in [3.05, 3.63) is 0 Å². The van der Waals surface area contributed by atoms with Gasteiger partial charge in [0.15, 0.2) is 0 Å². The number of amides is 2. The summed E-state index contributed by atoms with van der Waals surface area (Å²) in [4.78, 5) is 24.7. The van der Waals surface area contributed by atoms with Gasteiger partial charge in [-0.25, -0.2) is 0 Å². The molecule has 0 aromatic rings. The largest absolute Gasteiger partial charge is 0.369 e. The van der Waals surface area contributed by atoms with Gasteiger partial charge in [0.05, 0.1) is 5.92 Å². The second-order valence-corrected chi connectivity index (χ2v) is 4.75. The maximum absolute atomic E-state index is 11.4. The fourth-order valence-electron chi connectivity index (χ4n) is 2.53. The fourth-order valence-corrected chi connectivity index (χ4v) is 2.53. The molecule has 0 aromatic carbocycles. The van der Waals surface area contributed by atoms with Gasteiger partial charge in [-0.2, -0.15) is 0 Å². The van der Waals surface area contributed by atoms with Crippen molar-refractivity contribution in [2.24, 2.45) is 17.6 Å². The average molecular weight is 225 g/mol. The highest BCUT2D eigenvalue weighted by Gasteiger charge is 2.29. The fraction of sp³-hybridized carbons (Fsp3) is 0.818. The molecule has 1 unspecified atom stereocenters. The Hall–Kier alpha value is -1.10. The maximum Gasteiger partial charge on any atom is 0.224 e. The Morgan fingerprint density at radius 3 is 2.56 bits per heavy atom. The van der Waals surface area contributed by atoms with Gasteiger partial charge in [0.25, 0.3) is 0 Å². The van der Waals surface area contributed by atoms with Gasteiger partial charge in [-0.05, 0) is 32.4 Å². The Morgan fingerprint density at radius 1 is 1.38 bits per heavy atom. The minimum absolute atomic E-state index is 0.0358. The standard InChI is InChI=1S/C11H19N3O2/c12-10(15)8-2-5-14(6-3-8)7-9-1-4-13-11(9)16/h8-9H,1-7H2,(H2,12,15)(H,13,16). The molecule has 2 rings (SSSR count). The predicted molar refractivity (Wildman–Crippen MR) is 59.5 cm³/mol. The predicted octanol–water partition coefficient (Wildman–Crippen LogP) is -0.680. The second-order valence-electron chi connectivity index (χ2n) is 4.75. The van der Waals surface area contributed by atoms with E-state index in [-0.39, 0.29) is 23.7 Å². The van der Waals surface area contributed by atoms with Crippen LogP contribution >= 0.6 is 0 Å². The summed E-state index contributed by atoms with van der Waals surface area (Å²) in [7, 11) is 0.